The molecule has 0 amide bonds. The average Bonchev–Trinajstić information content (AvgIpc) is 2.49. The summed E-state index contributed by atoms with van der Waals surface area (Å²) in [6, 6.07) is 0. The molecule has 2 rings (SSSR count). The van der Waals surface area contributed by atoms with Gasteiger partial charge in [-0.2, -0.15) is 0 Å². The van der Waals surface area contributed by atoms with Crippen molar-refractivity contribution in [3.05, 3.63) is 11.1 Å². The molecule has 0 saturated carbocycles. The van der Waals surface area contributed by atoms with Gasteiger partial charge in [0.2, 0.25) is 0 Å². The Kier molecular flexibility index (Phi) is 2.53. The van der Waals surface area contributed by atoms with Gasteiger partial charge in [0.25, 0.3) is 0 Å². The lowest BCUT2D eigenvalue weighted by molar-refractivity contribution is -0.146. The lowest BCUT2D eigenvalue weighted by Crippen LogP contribution is -2.45. The molecule has 0 N–H and O–H groups in total. The van der Waals surface area contributed by atoms with Crippen LogP contribution in [0.4, 0.5) is 0 Å². The van der Waals surface area contributed by atoms with Crippen LogP contribution in [0.1, 0.15) is 0 Å². The minimum atomic E-state index is -0.422. The Labute approximate surface area is 81.5 Å². The van der Waals surface area contributed by atoms with E-state index in [4.69, 9.17) is 16.3 Å². The molecule has 1 saturated heterocycles. The number of nitrogens with zero attached hydrogens (tertiary/aromatic N) is 2. The number of halogens is 1. The molecule has 71 valence electrons. The molecule has 1 atom stereocenters. The van der Waals surface area contributed by atoms with Crippen molar-refractivity contribution >= 4 is 17.6 Å². The summed E-state index contributed by atoms with van der Waals surface area (Å²) in [6.45, 7) is 3.27. The third kappa shape index (κ3) is 1.85. The second kappa shape index (κ2) is 3.65. The fraction of sp³-hybridized carbons (Fsp3) is 0.625. The van der Waals surface area contributed by atoms with E-state index < -0.39 is 5.97 Å². The molecule has 2 heterocycles. The summed E-state index contributed by atoms with van der Waals surface area (Å²) < 4.78 is 5.03. The maximum Gasteiger partial charge on any atom is 0.351 e. The zero-order valence-corrected chi connectivity index (χ0v) is 7.83. The van der Waals surface area contributed by atoms with Crippen LogP contribution in [-0.2, 0) is 9.53 Å². The Balaban J connectivity index is 1.98. The fourth-order valence-electron chi connectivity index (χ4n) is 1.45. The molecule has 5 heteroatoms. The molecule has 0 aromatic carbocycles. The summed E-state index contributed by atoms with van der Waals surface area (Å²) >= 11 is 5.61. The van der Waals surface area contributed by atoms with Crippen LogP contribution in [0.3, 0.4) is 0 Å². The van der Waals surface area contributed by atoms with Gasteiger partial charge in [-0.1, -0.05) is 11.6 Å². The number of hydrogen-bond acceptors (Lipinski definition) is 3. The SMILES string of the molecule is O=C1OC(N2CC[N]CC2)C=C1Cl. The molecule has 1 fully saturated rings. The van der Waals surface area contributed by atoms with Gasteiger partial charge in [-0.25, -0.2) is 10.1 Å². The van der Waals surface area contributed by atoms with Gasteiger partial charge in [0, 0.05) is 26.2 Å². The second-order valence-electron chi connectivity index (χ2n) is 3.02. The first-order valence-corrected chi connectivity index (χ1v) is 4.61. The Morgan fingerprint density at radius 1 is 1.54 bits per heavy atom. The van der Waals surface area contributed by atoms with Crippen LogP contribution in [0.25, 0.3) is 0 Å². The van der Waals surface area contributed by atoms with E-state index >= 15 is 0 Å². The van der Waals surface area contributed by atoms with E-state index in [0.717, 1.165) is 26.2 Å². The number of rotatable bonds is 1. The van der Waals surface area contributed by atoms with Crippen LogP contribution < -0.4 is 5.32 Å². The largest absolute Gasteiger partial charge is 0.438 e. The molecule has 2 aliphatic rings. The van der Waals surface area contributed by atoms with Gasteiger partial charge in [0.15, 0.2) is 6.23 Å². The molecule has 1 unspecified atom stereocenters. The molecule has 1 radical (unpaired) electrons. The maximum absolute atomic E-state index is 11.0. The maximum atomic E-state index is 11.0. The predicted molar refractivity (Wildman–Crippen MR) is 47.3 cm³/mol. The fourth-order valence-corrected chi connectivity index (χ4v) is 1.60. The quantitative estimate of drug-likeness (QED) is 0.557. The van der Waals surface area contributed by atoms with Crippen molar-refractivity contribution < 1.29 is 9.53 Å². The number of carbonyl (C=O) groups excluding carboxylic acids is 1. The molecular formula is C8H10ClN2O2. The number of cyclic esters (lactones) is 1. The zero-order chi connectivity index (χ0) is 9.26. The minimum Gasteiger partial charge on any atom is -0.438 e. The predicted octanol–water partition coefficient (Wildman–Crippen LogP) is -0.0880. The van der Waals surface area contributed by atoms with E-state index in [0.29, 0.717) is 0 Å². The average molecular weight is 202 g/mol. The van der Waals surface area contributed by atoms with Crippen LogP contribution >= 0.6 is 11.6 Å². The highest BCUT2D eigenvalue weighted by Crippen LogP contribution is 2.19. The smallest absolute Gasteiger partial charge is 0.351 e. The molecule has 0 bridgehead atoms. The third-order valence-corrected chi connectivity index (χ3v) is 2.44. The van der Waals surface area contributed by atoms with E-state index in [9.17, 15) is 4.79 Å². The minimum absolute atomic E-state index is 0.188. The molecular weight excluding hydrogens is 192 g/mol. The highest BCUT2D eigenvalue weighted by molar-refractivity contribution is 6.41. The van der Waals surface area contributed by atoms with Gasteiger partial charge in [-0.15, -0.1) is 0 Å². The summed E-state index contributed by atoms with van der Waals surface area (Å²) in [5.41, 5.74) is 0. The highest BCUT2D eigenvalue weighted by atomic mass is 35.5. The molecule has 2 aliphatic heterocycles. The topological polar surface area (TPSA) is 43.6 Å². The van der Waals surface area contributed by atoms with E-state index in [2.05, 4.69) is 10.2 Å². The first-order chi connectivity index (χ1) is 6.27. The molecule has 0 aliphatic carbocycles. The van der Waals surface area contributed by atoms with Crippen molar-refractivity contribution in [3.63, 3.8) is 0 Å². The summed E-state index contributed by atoms with van der Waals surface area (Å²) in [4.78, 5) is 13.0. The second-order valence-corrected chi connectivity index (χ2v) is 3.42. The van der Waals surface area contributed by atoms with Crippen LogP contribution in [0.2, 0.25) is 0 Å². The molecule has 0 aromatic rings. The standard InChI is InChI=1S/C8H10ClN2O2/c9-6-5-7(13-8(6)12)11-3-1-10-2-4-11/h5,7H,1-4H2. The van der Waals surface area contributed by atoms with Crippen LogP contribution in [0.5, 0.6) is 0 Å². The Hall–Kier alpha value is -0.580. The van der Waals surface area contributed by atoms with E-state index in [1.54, 1.807) is 6.08 Å². The normalized spacial score (nSPS) is 30.1. The van der Waals surface area contributed by atoms with E-state index in [1.165, 1.54) is 0 Å². The number of esters is 1. The van der Waals surface area contributed by atoms with Crippen molar-refractivity contribution in [2.75, 3.05) is 26.2 Å². The molecule has 4 nitrogen and oxygen atoms in total. The van der Waals surface area contributed by atoms with Gasteiger partial charge in [0.1, 0.15) is 5.03 Å². The van der Waals surface area contributed by atoms with E-state index in [1.807, 2.05) is 0 Å². The van der Waals surface area contributed by atoms with Crippen molar-refractivity contribution in [3.8, 4) is 0 Å². The van der Waals surface area contributed by atoms with Gasteiger partial charge in [-0.05, 0) is 6.08 Å². The highest BCUT2D eigenvalue weighted by Gasteiger charge is 2.29. The van der Waals surface area contributed by atoms with Crippen LogP contribution in [0.15, 0.2) is 11.1 Å². The zero-order valence-electron chi connectivity index (χ0n) is 7.07. The number of piperazine rings is 1. The molecule has 0 spiro atoms. The lowest BCUT2D eigenvalue weighted by atomic mass is 10.3. The van der Waals surface area contributed by atoms with Gasteiger partial charge in [0.05, 0.1) is 0 Å². The van der Waals surface area contributed by atoms with E-state index in [-0.39, 0.29) is 11.3 Å². The van der Waals surface area contributed by atoms with Crippen LogP contribution in [-0.4, -0.2) is 43.3 Å². The number of carbonyl (C=O) groups is 1. The first-order valence-electron chi connectivity index (χ1n) is 4.23. The third-order valence-electron chi connectivity index (χ3n) is 2.16. The monoisotopic (exact) mass is 201 g/mol. The van der Waals surface area contributed by atoms with Gasteiger partial charge < -0.3 is 4.74 Å². The molecule has 13 heavy (non-hydrogen) atoms. The summed E-state index contributed by atoms with van der Waals surface area (Å²) in [5.74, 6) is -0.422. The van der Waals surface area contributed by atoms with Crippen molar-refractivity contribution in [1.29, 1.82) is 0 Å². The number of hydrogen-bond donors (Lipinski definition) is 0. The number of ether oxygens (including phenoxy) is 1. The lowest BCUT2D eigenvalue weighted by Gasteiger charge is -2.29. The van der Waals surface area contributed by atoms with Crippen molar-refractivity contribution in [2.45, 2.75) is 6.23 Å². The van der Waals surface area contributed by atoms with Crippen molar-refractivity contribution in [1.82, 2.24) is 10.2 Å². The summed E-state index contributed by atoms with van der Waals surface area (Å²) in [6.07, 6.45) is 1.38. The van der Waals surface area contributed by atoms with Crippen molar-refractivity contribution in [2.24, 2.45) is 0 Å². The summed E-state index contributed by atoms with van der Waals surface area (Å²) in [5, 5.41) is 4.39. The van der Waals surface area contributed by atoms with Gasteiger partial charge in [-0.3, -0.25) is 4.90 Å². The van der Waals surface area contributed by atoms with Crippen LogP contribution in [0, 0.1) is 0 Å². The molecule has 0 aromatic heterocycles. The Morgan fingerprint density at radius 2 is 2.23 bits per heavy atom. The Bertz CT molecular complexity index is 249. The van der Waals surface area contributed by atoms with Gasteiger partial charge >= 0.3 is 5.97 Å². The Morgan fingerprint density at radius 3 is 2.77 bits per heavy atom. The first kappa shape index (κ1) is 8.99. The summed E-state index contributed by atoms with van der Waals surface area (Å²) in [7, 11) is 0.